The Morgan fingerprint density at radius 1 is 0.564 bits per heavy atom. The van der Waals surface area contributed by atoms with Gasteiger partial charge < -0.3 is 14.4 Å². The molecule has 3 nitrogen and oxygen atoms in total. The van der Waals surface area contributed by atoms with Gasteiger partial charge in [0.15, 0.2) is 0 Å². The molecule has 0 amide bonds. The van der Waals surface area contributed by atoms with Gasteiger partial charge in [-0.3, -0.25) is 0 Å². The maximum atomic E-state index is 13.9. The molecule has 7 rings (SSSR count). The minimum Gasteiger partial charge on any atom is -0.311 e. The molecule has 0 spiro atoms. The van der Waals surface area contributed by atoms with Gasteiger partial charge in [-0.15, -0.1) is 6.58 Å². The molecule has 1 aromatic heterocycles. The smallest absolute Gasteiger partial charge is 0.123 e. The predicted molar refractivity (Wildman–Crippen MR) is 236 cm³/mol. The molecule has 0 unspecified atom stereocenters. The van der Waals surface area contributed by atoms with Crippen molar-refractivity contribution in [2.24, 2.45) is 0 Å². The van der Waals surface area contributed by atoms with Crippen molar-refractivity contribution >= 4 is 44.6 Å². The lowest BCUT2D eigenvalue weighted by Crippen LogP contribution is -2.15. The molecule has 0 atom stereocenters. The van der Waals surface area contributed by atoms with Crippen LogP contribution in [0.4, 0.5) is 27.1 Å². The third-order valence-electron chi connectivity index (χ3n) is 9.25. The van der Waals surface area contributed by atoms with E-state index in [1.165, 1.54) is 12.1 Å². The van der Waals surface area contributed by atoms with Gasteiger partial charge in [0.2, 0.25) is 0 Å². The van der Waals surface area contributed by atoms with E-state index in [9.17, 15) is 4.39 Å². The van der Waals surface area contributed by atoms with Crippen molar-refractivity contribution in [1.29, 1.82) is 0 Å². The summed E-state index contributed by atoms with van der Waals surface area (Å²) < 4.78 is 16.1. The van der Waals surface area contributed by atoms with Crippen LogP contribution in [0.25, 0.3) is 38.6 Å². The van der Waals surface area contributed by atoms with Gasteiger partial charge in [0.1, 0.15) is 5.82 Å². The monoisotopic (exact) mass is 719 g/mol. The number of para-hydroxylation sites is 2. The van der Waals surface area contributed by atoms with Crippen molar-refractivity contribution in [2.75, 3.05) is 9.80 Å². The molecule has 0 saturated heterocycles. The van der Waals surface area contributed by atoms with E-state index in [-0.39, 0.29) is 5.82 Å². The van der Waals surface area contributed by atoms with Crippen molar-refractivity contribution in [3.8, 4) is 16.8 Å². The molecule has 0 bridgehead atoms. The lowest BCUT2D eigenvalue weighted by atomic mass is 10.0. The van der Waals surface area contributed by atoms with Crippen LogP contribution in [-0.2, 0) is 0 Å². The summed E-state index contributed by atoms with van der Waals surface area (Å²) in [7, 11) is 0. The molecular weight excluding hydrogens is 674 g/mol. The van der Waals surface area contributed by atoms with Crippen molar-refractivity contribution in [3.63, 3.8) is 0 Å². The number of hydrogen-bond donors (Lipinski definition) is 0. The molecule has 272 valence electrons. The van der Waals surface area contributed by atoms with E-state index < -0.39 is 0 Å². The summed E-state index contributed by atoms with van der Waals surface area (Å²) in [5, 5.41) is 2.27. The van der Waals surface area contributed by atoms with Gasteiger partial charge in [-0.25, -0.2) is 4.39 Å². The molecular formula is C51H46FN3. The van der Waals surface area contributed by atoms with Crippen LogP contribution in [0.1, 0.15) is 20.8 Å². The summed E-state index contributed by atoms with van der Waals surface area (Å²) in [5.41, 5.74) is 11.5. The Bertz CT molecular complexity index is 2500. The summed E-state index contributed by atoms with van der Waals surface area (Å²) in [6.45, 7) is 17.3. The van der Waals surface area contributed by atoms with Crippen LogP contribution in [0.15, 0.2) is 219 Å². The minimum atomic E-state index is -0.248. The van der Waals surface area contributed by atoms with E-state index in [1.807, 2.05) is 62.4 Å². The van der Waals surface area contributed by atoms with E-state index in [0.717, 1.165) is 72.8 Å². The number of halogens is 1. The van der Waals surface area contributed by atoms with Crippen molar-refractivity contribution in [3.05, 3.63) is 225 Å². The second kappa shape index (κ2) is 17.7. The van der Waals surface area contributed by atoms with E-state index in [1.54, 1.807) is 12.2 Å². The van der Waals surface area contributed by atoms with E-state index in [4.69, 9.17) is 0 Å². The number of rotatable bonds is 11. The minimum absolute atomic E-state index is 0.248. The lowest BCUT2D eigenvalue weighted by Gasteiger charge is -2.27. The van der Waals surface area contributed by atoms with Crippen LogP contribution in [0.2, 0.25) is 0 Å². The number of hydrogen-bond acceptors (Lipinski definition) is 2. The highest BCUT2D eigenvalue weighted by atomic mass is 19.1. The normalized spacial score (nSPS) is 11.6. The van der Waals surface area contributed by atoms with E-state index in [0.29, 0.717) is 0 Å². The summed E-state index contributed by atoms with van der Waals surface area (Å²) in [5.74, 6) is -0.248. The fourth-order valence-electron chi connectivity index (χ4n) is 6.87. The highest BCUT2D eigenvalue weighted by molar-refractivity contribution is 6.10. The highest BCUT2D eigenvalue weighted by Crippen LogP contribution is 2.39. The van der Waals surface area contributed by atoms with Gasteiger partial charge in [-0.1, -0.05) is 98.1 Å². The zero-order valence-corrected chi connectivity index (χ0v) is 31.7. The van der Waals surface area contributed by atoms with Crippen LogP contribution in [0, 0.1) is 5.82 Å². The predicted octanol–water partition coefficient (Wildman–Crippen LogP) is 14.8. The quantitative estimate of drug-likeness (QED) is 0.0974. The summed E-state index contributed by atoms with van der Waals surface area (Å²) in [6, 6.07) is 49.3. The third-order valence-corrected chi connectivity index (χ3v) is 9.25. The van der Waals surface area contributed by atoms with Gasteiger partial charge in [-0.05, 0) is 135 Å². The van der Waals surface area contributed by atoms with Crippen LogP contribution in [0.5, 0.6) is 0 Å². The number of aromatic nitrogens is 1. The Balaban J connectivity index is 0.00000166. The van der Waals surface area contributed by atoms with E-state index in [2.05, 4.69) is 156 Å². The van der Waals surface area contributed by atoms with Crippen molar-refractivity contribution in [1.82, 2.24) is 4.57 Å². The average Bonchev–Trinajstić information content (AvgIpc) is 3.55. The zero-order chi connectivity index (χ0) is 38.7. The first-order valence-electron chi connectivity index (χ1n) is 18.4. The molecule has 0 aliphatic carbocycles. The summed E-state index contributed by atoms with van der Waals surface area (Å²) >= 11 is 0. The molecule has 0 fully saturated rings. The van der Waals surface area contributed by atoms with E-state index >= 15 is 0 Å². The number of benzene rings is 6. The van der Waals surface area contributed by atoms with Crippen LogP contribution in [-0.4, -0.2) is 4.57 Å². The first kappa shape index (κ1) is 37.8. The first-order chi connectivity index (χ1) is 27.0. The molecule has 0 aliphatic rings. The molecule has 55 heavy (non-hydrogen) atoms. The SMILES string of the molecule is C=C/C=C(\C=C)N(c1ccccc1)c1ccc(-c2ccc(N(C(/C=C\C)=C/C)c3ccc4c(c3)c3ccccc3n4-c3ccc(F)cc3)cc2)cc1.C=CC. The van der Waals surface area contributed by atoms with Gasteiger partial charge in [0, 0.05) is 50.6 Å². The fraction of sp³-hybridized carbons (Fsp3) is 0.0588. The largest absolute Gasteiger partial charge is 0.311 e. The average molecular weight is 720 g/mol. The Labute approximate surface area is 324 Å². The lowest BCUT2D eigenvalue weighted by molar-refractivity contribution is 0.627. The zero-order valence-electron chi connectivity index (χ0n) is 31.7. The Morgan fingerprint density at radius 2 is 1.09 bits per heavy atom. The first-order valence-corrected chi connectivity index (χ1v) is 18.4. The van der Waals surface area contributed by atoms with Gasteiger partial charge in [-0.2, -0.15) is 0 Å². The Hall–Kier alpha value is -6.91. The second-order valence-corrected chi connectivity index (χ2v) is 12.8. The maximum Gasteiger partial charge on any atom is 0.123 e. The fourth-order valence-corrected chi connectivity index (χ4v) is 6.87. The summed E-state index contributed by atoms with van der Waals surface area (Å²) in [4.78, 5) is 4.46. The standard InChI is InChI=1S/C48H40FN3.C3H6/c1-5-14-38(7-3)50(40-16-10-9-11-17-40)41-26-20-35(21-27-41)36-22-28-42(29-23-36)51(39(8-4)15-6-2)44-32-33-48-46(34-44)45-18-12-13-19-47(45)52(48)43-30-24-37(49)25-31-43;1-3-2/h5-34H,1,3H2,2,4H3;3H,1H2,2H3/b15-6-,38-14+,39-8+;. The summed E-state index contributed by atoms with van der Waals surface area (Å²) in [6.07, 6.45) is 13.7. The van der Waals surface area contributed by atoms with Gasteiger partial charge >= 0.3 is 0 Å². The molecule has 0 radical (unpaired) electrons. The number of allylic oxidation sites excluding steroid dienone is 7. The molecule has 6 aromatic carbocycles. The van der Waals surface area contributed by atoms with Crippen LogP contribution >= 0.6 is 0 Å². The molecule has 1 heterocycles. The second-order valence-electron chi connectivity index (χ2n) is 12.8. The van der Waals surface area contributed by atoms with Crippen molar-refractivity contribution in [2.45, 2.75) is 20.8 Å². The molecule has 0 aliphatic heterocycles. The van der Waals surface area contributed by atoms with Crippen LogP contribution in [0.3, 0.4) is 0 Å². The number of fused-ring (bicyclic) bond motifs is 3. The molecule has 0 N–H and O–H groups in total. The van der Waals surface area contributed by atoms with Crippen molar-refractivity contribution < 1.29 is 4.39 Å². The maximum absolute atomic E-state index is 13.9. The number of anilines is 4. The topological polar surface area (TPSA) is 11.4 Å². The number of nitrogens with zero attached hydrogens (tertiary/aromatic N) is 3. The molecule has 0 saturated carbocycles. The van der Waals surface area contributed by atoms with Gasteiger partial charge in [0.05, 0.1) is 11.0 Å². The molecule has 4 heteroatoms. The highest BCUT2D eigenvalue weighted by Gasteiger charge is 2.18. The Morgan fingerprint density at radius 3 is 1.65 bits per heavy atom. The Kier molecular flexibility index (Phi) is 12.2. The molecule has 7 aromatic rings. The van der Waals surface area contributed by atoms with Gasteiger partial charge in [0.25, 0.3) is 0 Å². The third kappa shape index (κ3) is 8.04. The van der Waals surface area contributed by atoms with Crippen LogP contribution < -0.4 is 9.80 Å².